The van der Waals surface area contributed by atoms with Crippen LogP contribution in [0.4, 0.5) is 0 Å². The number of likely N-dealkylation sites (tertiary alicyclic amines) is 1. The third-order valence-electron chi connectivity index (χ3n) is 4.59. The zero-order chi connectivity index (χ0) is 15.1. The van der Waals surface area contributed by atoms with Crippen molar-refractivity contribution in [3.05, 3.63) is 29.8 Å². The fourth-order valence-electron chi connectivity index (χ4n) is 3.19. The SMILES string of the molecule is CCCN1CCCC(O)(CCc2ccc(OC)cc2)CC1. The second-order valence-corrected chi connectivity index (χ2v) is 6.27. The van der Waals surface area contributed by atoms with Gasteiger partial charge in [-0.05, 0) is 69.3 Å². The first-order valence-corrected chi connectivity index (χ1v) is 8.23. The van der Waals surface area contributed by atoms with E-state index in [1.807, 2.05) is 12.1 Å². The van der Waals surface area contributed by atoms with Crippen LogP contribution in [0.15, 0.2) is 24.3 Å². The van der Waals surface area contributed by atoms with Gasteiger partial charge in [0.2, 0.25) is 0 Å². The summed E-state index contributed by atoms with van der Waals surface area (Å²) in [6.07, 6.45) is 5.95. The van der Waals surface area contributed by atoms with Crippen LogP contribution in [-0.4, -0.2) is 42.4 Å². The molecule has 3 nitrogen and oxygen atoms in total. The highest BCUT2D eigenvalue weighted by Crippen LogP contribution is 2.27. The fraction of sp³-hybridized carbons (Fsp3) is 0.667. The molecule has 1 N–H and O–H groups in total. The van der Waals surface area contributed by atoms with Gasteiger partial charge >= 0.3 is 0 Å². The van der Waals surface area contributed by atoms with E-state index in [0.717, 1.165) is 57.5 Å². The number of aliphatic hydroxyl groups is 1. The maximum absolute atomic E-state index is 10.8. The number of rotatable bonds is 6. The zero-order valence-electron chi connectivity index (χ0n) is 13.5. The molecule has 0 radical (unpaired) electrons. The molecule has 21 heavy (non-hydrogen) atoms. The normalized spacial score (nSPS) is 23.8. The van der Waals surface area contributed by atoms with E-state index in [-0.39, 0.29) is 0 Å². The van der Waals surface area contributed by atoms with Crippen molar-refractivity contribution in [1.29, 1.82) is 0 Å². The first kappa shape index (κ1) is 16.3. The fourth-order valence-corrected chi connectivity index (χ4v) is 3.19. The van der Waals surface area contributed by atoms with Crippen molar-refractivity contribution in [2.45, 2.75) is 51.0 Å². The Labute approximate surface area is 128 Å². The highest BCUT2D eigenvalue weighted by Gasteiger charge is 2.29. The standard InChI is InChI=1S/C18H29NO2/c1-3-13-19-14-4-10-18(20,12-15-19)11-9-16-5-7-17(21-2)8-6-16/h5-8,20H,3-4,9-15H2,1-2H3. The van der Waals surface area contributed by atoms with Crippen LogP contribution in [0.5, 0.6) is 5.75 Å². The Balaban J connectivity index is 1.85. The molecule has 0 aromatic heterocycles. The number of hydrogen-bond donors (Lipinski definition) is 1. The summed E-state index contributed by atoms with van der Waals surface area (Å²) < 4.78 is 5.18. The summed E-state index contributed by atoms with van der Waals surface area (Å²) in [7, 11) is 1.69. The van der Waals surface area contributed by atoms with Gasteiger partial charge in [-0.2, -0.15) is 0 Å². The Morgan fingerprint density at radius 2 is 1.95 bits per heavy atom. The summed E-state index contributed by atoms with van der Waals surface area (Å²) in [5.74, 6) is 0.891. The van der Waals surface area contributed by atoms with Gasteiger partial charge in [0.15, 0.2) is 0 Å². The molecule has 3 heteroatoms. The molecule has 1 atom stereocenters. The molecular weight excluding hydrogens is 262 g/mol. The molecule has 0 saturated carbocycles. The smallest absolute Gasteiger partial charge is 0.118 e. The molecule has 0 bridgehead atoms. The number of methoxy groups -OCH3 is 1. The van der Waals surface area contributed by atoms with Crippen molar-refractivity contribution >= 4 is 0 Å². The second-order valence-electron chi connectivity index (χ2n) is 6.27. The molecule has 1 fully saturated rings. The van der Waals surface area contributed by atoms with Gasteiger partial charge in [-0.15, -0.1) is 0 Å². The zero-order valence-corrected chi connectivity index (χ0v) is 13.5. The topological polar surface area (TPSA) is 32.7 Å². The summed E-state index contributed by atoms with van der Waals surface area (Å²) in [5, 5.41) is 10.8. The summed E-state index contributed by atoms with van der Waals surface area (Å²) >= 11 is 0. The molecule has 118 valence electrons. The molecule has 1 heterocycles. The van der Waals surface area contributed by atoms with Gasteiger partial charge in [-0.1, -0.05) is 19.1 Å². The summed E-state index contributed by atoms with van der Waals surface area (Å²) in [6, 6.07) is 8.19. The minimum absolute atomic E-state index is 0.484. The summed E-state index contributed by atoms with van der Waals surface area (Å²) in [4.78, 5) is 2.49. The minimum Gasteiger partial charge on any atom is -0.497 e. The maximum Gasteiger partial charge on any atom is 0.118 e. The van der Waals surface area contributed by atoms with Gasteiger partial charge < -0.3 is 14.7 Å². The van der Waals surface area contributed by atoms with Gasteiger partial charge in [-0.25, -0.2) is 0 Å². The van der Waals surface area contributed by atoms with E-state index >= 15 is 0 Å². The van der Waals surface area contributed by atoms with E-state index < -0.39 is 5.60 Å². The first-order chi connectivity index (χ1) is 10.1. The van der Waals surface area contributed by atoms with Crippen molar-refractivity contribution in [2.24, 2.45) is 0 Å². The van der Waals surface area contributed by atoms with Gasteiger partial charge in [0.05, 0.1) is 12.7 Å². The molecule has 1 unspecified atom stereocenters. The molecule has 1 aromatic rings. The molecule has 0 amide bonds. The van der Waals surface area contributed by atoms with Crippen molar-refractivity contribution in [2.75, 3.05) is 26.7 Å². The molecule has 0 spiro atoms. The maximum atomic E-state index is 10.8. The second kappa shape index (κ2) is 7.81. The predicted octanol–water partition coefficient (Wildman–Crippen LogP) is 3.25. The summed E-state index contributed by atoms with van der Waals surface area (Å²) in [5.41, 5.74) is 0.793. The van der Waals surface area contributed by atoms with Crippen molar-refractivity contribution in [3.63, 3.8) is 0 Å². The Kier molecular flexibility index (Phi) is 6.07. The number of nitrogens with zero attached hydrogens (tertiary/aromatic N) is 1. The number of aryl methyl sites for hydroxylation is 1. The third-order valence-corrected chi connectivity index (χ3v) is 4.59. The average Bonchev–Trinajstić information content (AvgIpc) is 2.69. The quantitative estimate of drug-likeness (QED) is 0.873. The Hall–Kier alpha value is -1.06. The third kappa shape index (κ3) is 5.01. The largest absolute Gasteiger partial charge is 0.497 e. The van der Waals surface area contributed by atoms with E-state index in [1.54, 1.807) is 7.11 Å². The van der Waals surface area contributed by atoms with E-state index in [9.17, 15) is 5.11 Å². The van der Waals surface area contributed by atoms with Crippen LogP contribution >= 0.6 is 0 Å². The van der Waals surface area contributed by atoms with Crippen molar-refractivity contribution in [3.8, 4) is 5.75 Å². The van der Waals surface area contributed by atoms with E-state index in [4.69, 9.17) is 4.74 Å². The molecule has 2 rings (SSSR count). The van der Waals surface area contributed by atoms with Gasteiger partial charge in [0, 0.05) is 6.54 Å². The molecule has 1 aliphatic heterocycles. The number of hydrogen-bond acceptors (Lipinski definition) is 3. The lowest BCUT2D eigenvalue weighted by atomic mass is 9.88. The van der Waals surface area contributed by atoms with E-state index in [1.165, 1.54) is 12.0 Å². The Morgan fingerprint density at radius 3 is 2.62 bits per heavy atom. The van der Waals surface area contributed by atoms with E-state index in [2.05, 4.69) is 24.0 Å². The number of ether oxygens (including phenoxy) is 1. The molecular formula is C18H29NO2. The Morgan fingerprint density at radius 1 is 1.19 bits per heavy atom. The lowest BCUT2D eigenvalue weighted by Crippen LogP contribution is -2.32. The van der Waals surface area contributed by atoms with Crippen molar-refractivity contribution < 1.29 is 9.84 Å². The van der Waals surface area contributed by atoms with Gasteiger partial charge in [0.25, 0.3) is 0 Å². The van der Waals surface area contributed by atoms with Crippen LogP contribution in [0.25, 0.3) is 0 Å². The Bertz CT molecular complexity index is 418. The molecule has 0 aliphatic carbocycles. The molecule has 1 saturated heterocycles. The monoisotopic (exact) mass is 291 g/mol. The molecule has 1 aliphatic rings. The first-order valence-electron chi connectivity index (χ1n) is 8.23. The van der Waals surface area contributed by atoms with Crippen LogP contribution in [-0.2, 0) is 6.42 Å². The highest BCUT2D eigenvalue weighted by molar-refractivity contribution is 5.27. The van der Waals surface area contributed by atoms with Gasteiger partial charge in [0.1, 0.15) is 5.75 Å². The van der Waals surface area contributed by atoms with Crippen molar-refractivity contribution in [1.82, 2.24) is 4.90 Å². The van der Waals surface area contributed by atoms with Crippen LogP contribution < -0.4 is 4.74 Å². The average molecular weight is 291 g/mol. The van der Waals surface area contributed by atoms with Crippen LogP contribution in [0.1, 0.15) is 44.6 Å². The highest BCUT2D eigenvalue weighted by atomic mass is 16.5. The molecule has 1 aromatic carbocycles. The predicted molar refractivity (Wildman–Crippen MR) is 86.8 cm³/mol. The van der Waals surface area contributed by atoms with Crippen LogP contribution in [0, 0.1) is 0 Å². The number of benzene rings is 1. The van der Waals surface area contributed by atoms with Gasteiger partial charge in [-0.3, -0.25) is 0 Å². The lowest BCUT2D eigenvalue weighted by Gasteiger charge is -2.27. The summed E-state index contributed by atoms with van der Waals surface area (Å²) in [6.45, 7) is 5.56. The minimum atomic E-state index is -0.484. The lowest BCUT2D eigenvalue weighted by molar-refractivity contribution is 0.0172. The van der Waals surface area contributed by atoms with E-state index in [0.29, 0.717) is 0 Å². The van der Waals surface area contributed by atoms with Crippen LogP contribution in [0.3, 0.4) is 0 Å². The van der Waals surface area contributed by atoms with Crippen LogP contribution in [0.2, 0.25) is 0 Å².